The van der Waals surface area contributed by atoms with Gasteiger partial charge in [0.05, 0.1) is 22.5 Å². The first-order chi connectivity index (χ1) is 10.3. The van der Waals surface area contributed by atoms with Crippen LogP contribution in [0, 0.1) is 5.82 Å². The van der Waals surface area contributed by atoms with Gasteiger partial charge in [0.15, 0.2) is 11.5 Å². The maximum Gasteiger partial charge on any atom is 0.341 e. The fraction of sp³-hybridized carbons (Fsp3) is 0.267. The summed E-state index contributed by atoms with van der Waals surface area (Å²) in [6.45, 7) is 3.12. The molecular weight excluding hydrogens is 293 g/mol. The van der Waals surface area contributed by atoms with Gasteiger partial charge in [0.2, 0.25) is 5.43 Å². The number of Topliss-reactive ketones (excluding diaryl/α,β-unsaturated/α-hetero) is 1. The molecule has 0 amide bonds. The van der Waals surface area contributed by atoms with E-state index in [1.54, 1.807) is 11.5 Å². The lowest BCUT2D eigenvalue weighted by molar-refractivity contribution is 0.0694. The number of ether oxygens (including phenoxy) is 1. The van der Waals surface area contributed by atoms with Gasteiger partial charge in [0, 0.05) is 6.20 Å². The van der Waals surface area contributed by atoms with E-state index in [1.807, 2.05) is 0 Å². The second-order valence-electron chi connectivity index (χ2n) is 5.26. The number of aromatic nitrogens is 1. The highest BCUT2D eigenvalue weighted by atomic mass is 19.1. The number of rotatable bonds is 2. The minimum atomic E-state index is -1.38. The summed E-state index contributed by atoms with van der Waals surface area (Å²) < 4.78 is 21.2. The van der Waals surface area contributed by atoms with Crippen molar-refractivity contribution < 1.29 is 23.8 Å². The SMILES string of the molecule is CC(=O)c1c(F)cc2c(=O)c(C(=O)O)cn3c2c1OCC3C. The summed E-state index contributed by atoms with van der Waals surface area (Å²) in [5, 5.41) is 9.03. The number of pyridine rings is 1. The van der Waals surface area contributed by atoms with Crippen molar-refractivity contribution in [2.45, 2.75) is 19.9 Å². The molecule has 0 radical (unpaired) electrons. The van der Waals surface area contributed by atoms with E-state index in [1.165, 1.54) is 13.1 Å². The molecule has 22 heavy (non-hydrogen) atoms. The number of ketones is 1. The fourth-order valence-electron chi connectivity index (χ4n) is 2.71. The molecule has 1 aromatic carbocycles. The highest BCUT2D eigenvalue weighted by Gasteiger charge is 2.29. The molecule has 1 atom stereocenters. The molecule has 114 valence electrons. The molecule has 0 aliphatic carbocycles. The van der Waals surface area contributed by atoms with Crippen LogP contribution in [0.1, 0.15) is 40.6 Å². The number of carboxylic acids is 1. The van der Waals surface area contributed by atoms with E-state index in [0.717, 1.165) is 6.07 Å². The van der Waals surface area contributed by atoms with Gasteiger partial charge in [-0.05, 0) is 19.9 Å². The number of carbonyl (C=O) groups is 2. The summed E-state index contributed by atoms with van der Waals surface area (Å²) in [4.78, 5) is 35.1. The molecule has 3 rings (SSSR count). The van der Waals surface area contributed by atoms with Crippen LogP contribution in [0.25, 0.3) is 10.9 Å². The maximum atomic E-state index is 14.2. The maximum absolute atomic E-state index is 14.2. The van der Waals surface area contributed by atoms with Crippen LogP contribution in [0.4, 0.5) is 4.39 Å². The molecule has 2 aromatic rings. The Hall–Kier alpha value is -2.70. The van der Waals surface area contributed by atoms with Gasteiger partial charge < -0.3 is 14.4 Å². The molecule has 0 fully saturated rings. The Balaban J connectivity index is 2.57. The van der Waals surface area contributed by atoms with E-state index in [0.29, 0.717) is 0 Å². The van der Waals surface area contributed by atoms with Crippen molar-refractivity contribution in [3.63, 3.8) is 0 Å². The molecule has 0 saturated carbocycles. The van der Waals surface area contributed by atoms with Gasteiger partial charge in [-0.3, -0.25) is 9.59 Å². The van der Waals surface area contributed by atoms with E-state index in [2.05, 4.69) is 0 Å². The van der Waals surface area contributed by atoms with Crippen molar-refractivity contribution in [3.8, 4) is 5.75 Å². The largest absolute Gasteiger partial charge is 0.488 e. The van der Waals surface area contributed by atoms with Crippen molar-refractivity contribution in [2.75, 3.05) is 6.61 Å². The highest BCUT2D eigenvalue weighted by molar-refractivity contribution is 6.04. The predicted octanol–water partition coefficient (Wildman–Crippen LogP) is 1.99. The van der Waals surface area contributed by atoms with Crippen molar-refractivity contribution >= 4 is 22.7 Å². The van der Waals surface area contributed by atoms with Crippen LogP contribution in [-0.4, -0.2) is 28.0 Å². The van der Waals surface area contributed by atoms with Gasteiger partial charge in [0.25, 0.3) is 0 Å². The lowest BCUT2D eigenvalue weighted by Gasteiger charge is -2.28. The van der Waals surface area contributed by atoms with Crippen LogP contribution in [-0.2, 0) is 0 Å². The fourth-order valence-corrected chi connectivity index (χ4v) is 2.71. The standard InChI is InChI=1S/C15H12FNO5/c1-6-5-22-14-11(7(2)18)10(16)3-8-12(14)17(6)4-9(13(8)19)15(20)21/h3-4,6H,5H2,1-2H3,(H,20,21). The number of hydrogen-bond donors (Lipinski definition) is 1. The summed E-state index contributed by atoms with van der Waals surface area (Å²) in [6, 6.07) is 0.654. The second kappa shape index (κ2) is 4.66. The van der Waals surface area contributed by atoms with Crippen LogP contribution in [0.5, 0.6) is 5.75 Å². The first-order valence-corrected chi connectivity index (χ1v) is 6.61. The van der Waals surface area contributed by atoms with E-state index >= 15 is 0 Å². The zero-order chi connectivity index (χ0) is 16.2. The number of halogens is 1. The second-order valence-corrected chi connectivity index (χ2v) is 5.26. The third-order valence-electron chi connectivity index (χ3n) is 3.75. The number of aromatic carboxylic acids is 1. The molecule has 1 unspecified atom stereocenters. The third kappa shape index (κ3) is 1.82. The summed E-state index contributed by atoms with van der Waals surface area (Å²) in [7, 11) is 0. The van der Waals surface area contributed by atoms with E-state index < -0.39 is 28.6 Å². The third-order valence-corrected chi connectivity index (χ3v) is 3.75. The number of carboxylic acid groups (broad SMARTS) is 1. The average Bonchev–Trinajstić information content (AvgIpc) is 2.43. The molecule has 1 aliphatic heterocycles. The molecule has 2 heterocycles. The average molecular weight is 305 g/mol. The van der Waals surface area contributed by atoms with Crippen molar-refractivity contribution in [1.82, 2.24) is 4.57 Å². The van der Waals surface area contributed by atoms with Gasteiger partial charge in [-0.1, -0.05) is 0 Å². The monoisotopic (exact) mass is 305 g/mol. The molecule has 6 nitrogen and oxygen atoms in total. The van der Waals surface area contributed by atoms with Crippen LogP contribution in [0.2, 0.25) is 0 Å². The van der Waals surface area contributed by atoms with Gasteiger partial charge in [-0.15, -0.1) is 0 Å². The Bertz CT molecular complexity index is 899. The van der Waals surface area contributed by atoms with E-state index in [4.69, 9.17) is 9.84 Å². The molecule has 7 heteroatoms. The van der Waals surface area contributed by atoms with Gasteiger partial charge in [-0.25, -0.2) is 9.18 Å². The van der Waals surface area contributed by atoms with E-state index in [9.17, 15) is 18.8 Å². The van der Waals surface area contributed by atoms with Gasteiger partial charge in [0.1, 0.15) is 18.0 Å². The Labute approximate surface area is 123 Å². The summed E-state index contributed by atoms with van der Waals surface area (Å²) in [5.74, 6) is -2.80. The lowest BCUT2D eigenvalue weighted by Crippen LogP contribution is -2.27. The highest BCUT2D eigenvalue weighted by Crippen LogP contribution is 2.36. The minimum absolute atomic E-state index is 0.00496. The van der Waals surface area contributed by atoms with Crippen molar-refractivity contribution in [2.24, 2.45) is 0 Å². The minimum Gasteiger partial charge on any atom is -0.488 e. The Kier molecular flexibility index (Phi) is 3.01. The smallest absolute Gasteiger partial charge is 0.341 e. The molecule has 0 saturated heterocycles. The van der Waals surface area contributed by atoms with Crippen LogP contribution < -0.4 is 10.2 Å². The molecule has 0 spiro atoms. The Morgan fingerprint density at radius 2 is 2.14 bits per heavy atom. The summed E-state index contributed by atoms with van der Waals surface area (Å²) in [5.41, 5.74) is -1.22. The topological polar surface area (TPSA) is 85.6 Å². The number of carbonyl (C=O) groups excluding carboxylic acids is 1. The van der Waals surface area contributed by atoms with Crippen molar-refractivity contribution in [1.29, 1.82) is 0 Å². The molecule has 0 bridgehead atoms. The van der Waals surface area contributed by atoms with Crippen LogP contribution >= 0.6 is 0 Å². The Morgan fingerprint density at radius 1 is 1.45 bits per heavy atom. The normalized spacial score (nSPS) is 16.4. The zero-order valence-corrected chi connectivity index (χ0v) is 11.8. The quantitative estimate of drug-likeness (QED) is 0.858. The Morgan fingerprint density at radius 3 is 2.73 bits per heavy atom. The first kappa shape index (κ1) is 14.2. The molecule has 1 aromatic heterocycles. The predicted molar refractivity (Wildman–Crippen MR) is 75.3 cm³/mol. The zero-order valence-electron chi connectivity index (χ0n) is 11.8. The number of benzene rings is 1. The first-order valence-electron chi connectivity index (χ1n) is 6.61. The summed E-state index contributed by atoms with van der Waals surface area (Å²) >= 11 is 0. The molecule has 1 aliphatic rings. The van der Waals surface area contributed by atoms with Crippen LogP contribution in [0.15, 0.2) is 17.1 Å². The number of nitrogens with zero attached hydrogens (tertiary/aromatic N) is 1. The summed E-state index contributed by atoms with van der Waals surface area (Å²) in [6.07, 6.45) is 1.21. The lowest BCUT2D eigenvalue weighted by atomic mass is 10.0. The number of hydrogen-bond acceptors (Lipinski definition) is 4. The van der Waals surface area contributed by atoms with Crippen LogP contribution in [0.3, 0.4) is 0 Å². The van der Waals surface area contributed by atoms with E-state index in [-0.39, 0.29) is 34.9 Å². The van der Waals surface area contributed by atoms with Gasteiger partial charge >= 0.3 is 5.97 Å². The van der Waals surface area contributed by atoms with Crippen molar-refractivity contribution in [3.05, 3.63) is 39.4 Å². The molecule has 1 N–H and O–H groups in total. The van der Waals surface area contributed by atoms with Gasteiger partial charge in [-0.2, -0.15) is 0 Å². The molecular formula is C15H12FNO5.